The van der Waals surface area contributed by atoms with Crippen LogP contribution in [0.15, 0.2) is 29.0 Å². The standard InChI is InChI=1S/C31H53BrN2/c1-3-5-7-9-11-13-14-16-18-20-22-28(21-19-17-15-12-10-8-6-4-2)27-34-26-25-29-23-24-30(32)33-31(29)34/h23-26,28H,3-22,27H2,1-2H3. The SMILES string of the molecule is CCCCCCCCCCCCC(CCCCCCCCCC)Cn1ccc2ccc(Br)nc21. The topological polar surface area (TPSA) is 17.8 Å². The number of aromatic nitrogens is 2. The minimum Gasteiger partial charge on any atom is -0.332 e. The van der Waals surface area contributed by atoms with Crippen molar-refractivity contribution in [3.63, 3.8) is 0 Å². The van der Waals surface area contributed by atoms with Crippen molar-refractivity contribution in [2.75, 3.05) is 0 Å². The fraction of sp³-hybridized carbons (Fsp3) is 0.774. The normalized spacial score (nSPS) is 12.6. The Morgan fingerprint density at radius 1 is 0.647 bits per heavy atom. The second kappa shape index (κ2) is 19.4. The van der Waals surface area contributed by atoms with Crippen LogP contribution in [0, 0.1) is 5.92 Å². The Hall–Kier alpha value is -0.830. The van der Waals surface area contributed by atoms with Gasteiger partial charge in [-0.05, 0) is 52.9 Å². The second-order valence-electron chi connectivity index (χ2n) is 10.6. The fourth-order valence-electron chi connectivity index (χ4n) is 5.28. The van der Waals surface area contributed by atoms with E-state index in [0.717, 1.165) is 22.7 Å². The molecule has 0 radical (unpaired) electrons. The first-order chi connectivity index (χ1) is 16.7. The molecule has 3 heteroatoms. The van der Waals surface area contributed by atoms with Crippen molar-refractivity contribution in [1.82, 2.24) is 9.55 Å². The lowest BCUT2D eigenvalue weighted by atomic mass is 9.93. The number of fused-ring (bicyclic) bond motifs is 1. The van der Waals surface area contributed by atoms with Gasteiger partial charge in [0.1, 0.15) is 10.3 Å². The van der Waals surface area contributed by atoms with Gasteiger partial charge in [-0.15, -0.1) is 0 Å². The van der Waals surface area contributed by atoms with Crippen LogP contribution in [0.5, 0.6) is 0 Å². The van der Waals surface area contributed by atoms with Crippen LogP contribution in [0.3, 0.4) is 0 Å². The zero-order valence-corrected chi connectivity index (χ0v) is 24.1. The van der Waals surface area contributed by atoms with Gasteiger partial charge in [-0.25, -0.2) is 4.98 Å². The molecule has 0 spiro atoms. The largest absolute Gasteiger partial charge is 0.332 e. The highest BCUT2D eigenvalue weighted by Crippen LogP contribution is 2.24. The monoisotopic (exact) mass is 532 g/mol. The molecule has 194 valence electrons. The predicted octanol–water partition coefficient (Wildman–Crippen LogP) is 11.3. The van der Waals surface area contributed by atoms with Gasteiger partial charge in [0.05, 0.1) is 0 Å². The zero-order chi connectivity index (χ0) is 24.3. The van der Waals surface area contributed by atoms with Crippen LogP contribution < -0.4 is 0 Å². The molecule has 2 aromatic rings. The molecule has 0 saturated heterocycles. The molecule has 0 aliphatic carbocycles. The molecule has 2 aromatic heterocycles. The van der Waals surface area contributed by atoms with E-state index >= 15 is 0 Å². The Bertz CT molecular complexity index is 738. The van der Waals surface area contributed by atoms with Gasteiger partial charge in [0.25, 0.3) is 0 Å². The maximum atomic E-state index is 4.77. The Kier molecular flexibility index (Phi) is 16.7. The highest BCUT2D eigenvalue weighted by atomic mass is 79.9. The molecule has 2 nitrogen and oxygen atoms in total. The first-order valence-electron chi connectivity index (χ1n) is 14.9. The van der Waals surface area contributed by atoms with Crippen molar-refractivity contribution in [3.8, 4) is 0 Å². The Morgan fingerprint density at radius 2 is 1.12 bits per heavy atom. The summed E-state index contributed by atoms with van der Waals surface area (Å²) in [6, 6.07) is 6.45. The van der Waals surface area contributed by atoms with Gasteiger partial charge < -0.3 is 4.57 Å². The molecule has 0 bridgehead atoms. The van der Waals surface area contributed by atoms with Crippen molar-refractivity contribution in [2.24, 2.45) is 5.92 Å². The van der Waals surface area contributed by atoms with Gasteiger partial charge in [0.15, 0.2) is 0 Å². The molecule has 34 heavy (non-hydrogen) atoms. The Morgan fingerprint density at radius 3 is 1.62 bits per heavy atom. The molecule has 0 N–H and O–H groups in total. The lowest BCUT2D eigenvalue weighted by Gasteiger charge is -2.18. The number of nitrogens with zero attached hydrogens (tertiary/aromatic N) is 2. The number of rotatable bonds is 22. The highest BCUT2D eigenvalue weighted by Gasteiger charge is 2.12. The third-order valence-corrected chi connectivity index (χ3v) is 7.91. The van der Waals surface area contributed by atoms with Crippen molar-refractivity contribution in [3.05, 3.63) is 29.0 Å². The molecule has 1 atom stereocenters. The third kappa shape index (κ3) is 12.8. The summed E-state index contributed by atoms with van der Waals surface area (Å²) in [5.41, 5.74) is 1.14. The summed E-state index contributed by atoms with van der Waals surface area (Å²) < 4.78 is 3.35. The molecule has 0 aliphatic heterocycles. The van der Waals surface area contributed by atoms with Gasteiger partial charge in [0, 0.05) is 18.1 Å². The van der Waals surface area contributed by atoms with E-state index in [1.807, 2.05) is 0 Å². The summed E-state index contributed by atoms with van der Waals surface area (Å²) >= 11 is 3.56. The van der Waals surface area contributed by atoms with Crippen LogP contribution in [0.2, 0.25) is 0 Å². The molecule has 0 fully saturated rings. The highest BCUT2D eigenvalue weighted by molar-refractivity contribution is 9.10. The summed E-state index contributed by atoms with van der Waals surface area (Å²) in [6.45, 7) is 5.73. The first kappa shape index (κ1) is 29.4. The number of unbranched alkanes of at least 4 members (excludes halogenated alkanes) is 16. The fourth-order valence-corrected chi connectivity index (χ4v) is 5.58. The quantitative estimate of drug-likeness (QED) is 0.109. The number of hydrogen-bond donors (Lipinski definition) is 0. The van der Waals surface area contributed by atoms with Crippen molar-refractivity contribution in [2.45, 2.75) is 149 Å². The Balaban J connectivity index is 1.71. The van der Waals surface area contributed by atoms with E-state index in [-0.39, 0.29) is 0 Å². The molecule has 0 amide bonds. The first-order valence-corrected chi connectivity index (χ1v) is 15.6. The minimum absolute atomic E-state index is 0.783. The van der Waals surface area contributed by atoms with E-state index in [2.05, 4.69) is 58.7 Å². The van der Waals surface area contributed by atoms with Crippen LogP contribution in [0.4, 0.5) is 0 Å². The van der Waals surface area contributed by atoms with Gasteiger partial charge in [-0.2, -0.15) is 0 Å². The molecule has 1 unspecified atom stereocenters. The van der Waals surface area contributed by atoms with Crippen LogP contribution in [0.1, 0.15) is 142 Å². The van der Waals surface area contributed by atoms with E-state index in [1.165, 1.54) is 134 Å². The van der Waals surface area contributed by atoms with Crippen LogP contribution in [-0.2, 0) is 6.54 Å². The summed E-state index contributed by atoms with van der Waals surface area (Å²) in [4.78, 5) is 4.77. The lowest BCUT2D eigenvalue weighted by Crippen LogP contribution is -2.11. The smallest absolute Gasteiger partial charge is 0.141 e. The molecule has 0 saturated carbocycles. The van der Waals surface area contributed by atoms with Crippen LogP contribution >= 0.6 is 15.9 Å². The number of hydrogen-bond acceptors (Lipinski definition) is 1. The summed E-state index contributed by atoms with van der Waals surface area (Å²) in [6.07, 6.45) is 30.5. The van der Waals surface area contributed by atoms with E-state index in [0.29, 0.717) is 0 Å². The molecular formula is C31H53BrN2. The molecule has 2 rings (SSSR count). The van der Waals surface area contributed by atoms with Crippen LogP contribution in [-0.4, -0.2) is 9.55 Å². The average Bonchev–Trinajstić information content (AvgIpc) is 3.23. The van der Waals surface area contributed by atoms with Crippen LogP contribution in [0.25, 0.3) is 11.0 Å². The summed E-state index contributed by atoms with van der Waals surface area (Å²) in [5.74, 6) is 0.783. The zero-order valence-electron chi connectivity index (χ0n) is 22.5. The second-order valence-corrected chi connectivity index (χ2v) is 11.4. The van der Waals surface area contributed by atoms with E-state index in [4.69, 9.17) is 4.98 Å². The number of halogens is 1. The predicted molar refractivity (Wildman–Crippen MR) is 155 cm³/mol. The Labute approximate surface area is 219 Å². The third-order valence-electron chi connectivity index (χ3n) is 7.46. The van der Waals surface area contributed by atoms with Gasteiger partial charge in [-0.3, -0.25) is 0 Å². The molecular weight excluding hydrogens is 480 g/mol. The van der Waals surface area contributed by atoms with Gasteiger partial charge >= 0.3 is 0 Å². The van der Waals surface area contributed by atoms with Gasteiger partial charge in [0.2, 0.25) is 0 Å². The summed E-state index contributed by atoms with van der Waals surface area (Å²) in [5, 5.41) is 1.26. The van der Waals surface area contributed by atoms with E-state index in [9.17, 15) is 0 Å². The van der Waals surface area contributed by atoms with Crippen molar-refractivity contribution >= 4 is 27.0 Å². The van der Waals surface area contributed by atoms with E-state index < -0.39 is 0 Å². The van der Waals surface area contributed by atoms with Gasteiger partial charge in [-0.1, -0.05) is 129 Å². The molecule has 0 aliphatic rings. The molecule has 2 heterocycles. The van der Waals surface area contributed by atoms with E-state index in [1.54, 1.807) is 0 Å². The summed E-state index contributed by atoms with van der Waals surface area (Å²) in [7, 11) is 0. The lowest BCUT2D eigenvalue weighted by molar-refractivity contribution is 0.360. The average molecular weight is 534 g/mol. The maximum Gasteiger partial charge on any atom is 0.141 e. The maximum absolute atomic E-state index is 4.77. The molecule has 0 aromatic carbocycles. The number of pyridine rings is 1. The van der Waals surface area contributed by atoms with Crippen molar-refractivity contribution in [1.29, 1.82) is 0 Å². The minimum atomic E-state index is 0.783. The van der Waals surface area contributed by atoms with Crippen molar-refractivity contribution < 1.29 is 0 Å².